The Morgan fingerprint density at radius 3 is 2.48 bits per heavy atom. The van der Waals surface area contributed by atoms with E-state index in [1.165, 1.54) is 12.1 Å². The minimum Gasteiger partial charge on any atom is -0.484 e. The van der Waals surface area contributed by atoms with Gasteiger partial charge >= 0.3 is 6.18 Å². The third-order valence-electron chi connectivity index (χ3n) is 3.36. The lowest BCUT2D eigenvalue weighted by Crippen LogP contribution is -2.20. The van der Waals surface area contributed by atoms with E-state index in [-0.39, 0.29) is 12.3 Å². The van der Waals surface area contributed by atoms with Crippen molar-refractivity contribution in [2.24, 2.45) is 0 Å². The van der Waals surface area contributed by atoms with Crippen LogP contribution in [0.3, 0.4) is 0 Å². The van der Waals surface area contributed by atoms with Gasteiger partial charge in [0.05, 0.1) is 12.2 Å². The number of methoxy groups -OCH3 is 1. The first-order chi connectivity index (χ1) is 11.9. The van der Waals surface area contributed by atoms with Crippen molar-refractivity contribution in [3.8, 4) is 5.75 Å². The van der Waals surface area contributed by atoms with Gasteiger partial charge in [0.1, 0.15) is 5.75 Å². The van der Waals surface area contributed by atoms with Gasteiger partial charge < -0.3 is 14.8 Å². The molecule has 2 rings (SSSR count). The smallest absolute Gasteiger partial charge is 0.416 e. The fourth-order valence-corrected chi connectivity index (χ4v) is 2.09. The molecule has 0 heterocycles. The monoisotopic (exact) mass is 353 g/mol. The molecule has 0 aliphatic rings. The molecule has 7 heteroatoms. The number of amides is 1. The second-order valence-corrected chi connectivity index (χ2v) is 5.30. The van der Waals surface area contributed by atoms with Gasteiger partial charge in [-0.2, -0.15) is 13.2 Å². The lowest BCUT2D eigenvalue weighted by molar-refractivity contribution is -0.137. The van der Waals surface area contributed by atoms with Crippen LogP contribution in [-0.2, 0) is 22.1 Å². The Morgan fingerprint density at radius 2 is 1.84 bits per heavy atom. The second-order valence-electron chi connectivity index (χ2n) is 5.30. The summed E-state index contributed by atoms with van der Waals surface area (Å²) in [5.41, 5.74) is 0.318. The molecule has 1 amide bonds. The molecule has 2 aromatic rings. The molecule has 0 unspecified atom stereocenters. The first-order valence-electron chi connectivity index (χ1n) is 7.56. The van der Waals surface area contributed by atoms with Crippen LogP contribution in [0.5, 0.6) is 5.75 Å². The standard InChI is InChI=1S/C18H18F3NO3/c1-24-10-9-13-5-7-16(8-6-13)25-12-17(23)22-15-4-2-3-14(11-15)18(19,20)21/h2-8,11H,9-10,12H2,1H3,(H,22,23). The topological polar surface area (TPSA) is 47.6 Å². The number of hydrogen-bond acceptors (Lipinski definition) is 3. The molecule has 0 bridgehead atoms. The average Bonchev–Trinajstić information content (AvgIpc) is 2.58. The molecular formula is C18H18F3NO3. The molecule has 0 aliphatic carbocycles. The van der Waals surface area contributed by atoms with Gasteiger partial charge in [0.2, 0.25) is 0 Å². The first-order valence-corrected chi connectivity index (χ1v) is 7.56. The van der Waals surface area contributed by atoms with E-state index in [1.807, 2.05) is 12.1 Å². The summed E-state index contributed by atoms with van der Waals surface area (Å²) in [7, 11) is 1.63. The van der Waals surface area contributed by atoms with Crippen molar-refractivity contribution in [3.05, 3.63) is 59.7 Å². The number of ether oxygens (including phenoxy) is 2. The Kier molecular flexibility index (Phi) is 6.41. The van der Waals surface area contributed by atoms with Crippen molar-refractivity contribution >= 4 is 11.6 Å². The molecule has 4 nitrogen and oxygen atoms in total. The summed E-state index contributed by atoms with van der Waals surface area (Å²) in [5, 5.41) is 2.38. The SMILES string of the molecule is COCCc1ccc(OCC(=O)Nc2cccc(C(F)(F)F)c2)cc1. The third-order valence-corrected chi connectivity index (χ3v) is 3.36. The maximum Gasteiger partial charge on any atom is 0.416 e. The second kappa shape index (κ2) is 8.53. The van der Waals surface area contributed by atoms with Crippen molar-refractivity contribution in [1.82, 2.24) is 0 Å². The van der Waals surface area contributed by atoms with Gasteiger partial charge in [-0.1, -0.05) is 18.2 Å². The number of rotatable bonds is 7. The van der Waals surface area contributed by atoms with Crippen LogP contribution in [0.2, 0.25) is 0 Å². The maximum atomic E-state index is 12.6. The summed E-state index contributed by atoms with van der Waals surface area (Å²) in [6.45, 7) is 0.313. The zero-order valence-electron chi connectivity index (χ0n) is 13.6. The third kappa shape index (κ3) is 6.11. The molecule has 0 spiro atoms. The first kappa shape index (κ1) is 18.8. The molecule has 0 radical (unpaired) electrons. The highest BCUT2D eigenvalue weighted by molar-refractivity contribution is 5.91. The Bertz CT molecular complexity index is 699. The van der Waals surface area contributed by atoms with Crippen molar-refractivity contribution in [2.75, 3.05) is 25.6 Å². The molecule has 0 saturated heterocycles. The van der Waals surface area contributed by atoms with E-state index in [1.54, 1.807) is 19.2 Å². The number of hydrogen-bond donors (Lipinski definition) is 1. The predicted octanol–water partition coefficient (Wildman–Crippen LogP) is 3.91. The summed E-state index contributed by atoms with van der Waals surface area (Å²) in [6, 6.07) is 11.6. The van der Waals surface area contributed by atoms with Crippen LogP contribution in [0.4, 0.5) is 18.9 Å². The highest BCUT2D eigenvalue weighted by Crippen LogP contribution is 2.30. The van der Waals surface area contributed by atoms with E-state index in [4.69, 9.17) is 9.47 Å². The lowest BCUT2D eigenvalue weighted by Gasteiger charge is -2.11. The molecule has 25 heavy (non-hydrogen) atoms. The Morgan fingerprint density at radius 1 is 1.12 bits per heavy atom. The maximum absolute atomic E-state index is 12.6. The van der Waals surface area contributed by atoms with Gasteiger partial charge in [-0.3, -0.25) is 4.79 Å². The Labute approximate surface area is 143 Å². The number of benzene rings is 2. The van der Waals surface area contributed by atoms with E-state index in [2.05, 4.69) is 5.32 Å². The van der Waals surface area contributed by atoms with Crippen molar-refractivity contribution in [2.45, 2.75) is 12.6 Å². The van der Waals surface area contributed by atoms with Gasteiger partial charge in [0.15, 0.2) is 6.61 Å². The number of halogens is 3. The van der Waals surface area contributed by atoms with Crippen LogP contribution >= 0.6 is 0 Å². The molecule has 1 N–H and O–H groups in total. The molecule has 0 aromatic heterocycles. The lowest BCUT2D eigenvalue weighted by atomic mass is 10.1. The number of anilines is 1. The van der Waals surface area contributed by atoms with Gasteiger partial charge in [-0.05, 0) is 42.3 Å². The number of alkyl halides is 3. The minimum atomic E-state index is -4.46. The van der Waals surface area contributed by atoms with Gasteiger partial charge in [0.25, 0.3) is 5.91 Å². The molecular weight excluding hydrogens is 335 g/mol. The summed E-state index contributed by atoms with van der Waals surface area (Å²) in [5.74, 6) is -0.0388. The van der Waals surface area contributed by atoms with E-state index in [9.17, 15) is 18.0 Å². The average molecular weight is 353 g/mol. The van der Waals surface area contributed by atoms with Crippen molar-refractivity contribution < 1.29 is 27.4 Å². The normalized spacial score (nSPS) is 11.2. The van der Waals surface area contributed by atoms with Crippen molar-refractivity contribution in [1.29, 1.82) is 0 Å². The molecule has 0 fully saturated rings. The number of carbonyl (C=O) groups excluding carboxylic acids is 1. The summed E-state index contributed by atoms with van der Waals surface area (Å²) >= 11 is 0. The summed E-state index contributed by atoms with van der Waals surface area (Å²) < 4.78 is 48.2. The van der Waals surface area contributed by atoms with Gasteiger partial charge in [-0.25, -0.2) is 0 Å². The summed E-state index contributed by atoms with van der Waals surface area (Å²) in [6.07, 6.45) is -3.69. The number of carbonyl (C=O) groups is 1. The summed E-state index contributed by atoms with van der Waals surface area (Å²) in [4.78, 5) is 11.8. The minimum absolute atomic E-state index is 0.0679. The molecule has 0 saturated carbocycles. The van der Waals surface area contributed by atoms with Crippen LogP contribution in [-0.4, -0.2) is 26.2 Å². The fourth-order valence-electron chi connectivity index (χ4n) is 2.09. The van der Waals surface area contributed by atoms with Gasteiger partial charge in [0, 0.05) is 12.8 Å². The van der Waals surface area contributed by atoms with Crippen LogP contribution in [0.15, 0.2) is 48.5 Å². The largest absolute Gasteiger partial charge is 0.484 e. The molecule has 0 atom stereocenters. The quantitative estimate of drug-likeness (QED) is 0.821. The van der Waals surface area contributed by atoms with Crippen LogP contribution in [0, 0.1) is 0 Å². The van der Waals surface area contributed by atoms with Crippen molar-refractivity contribution in [3.63, 3.8) is 0 Å². The predicted molar refractivity (Wildman–Crippen MR) is 87.6 cm³/mol. The van der Waals surface area contributed by atoms with Crippen LogP contribution in [0.25, 0.3) is 0 Å². The zero-order chi connectivity index (χ0) is 18.3. The molecule has 2 aromatic carbocycles. The van der Waals surface area contributed by atoms with E-state index in [0.717, 1.165) is 24.1 Å². The zero-order valence-corrected chi connectivity index (χ0v) is 13.6. The molecule has 0 aliphatic heterocycles. The van der Waals surface area contributed by atoms with E-state index < -0.39 is 17.6 Å². The highest BCUT2D eigenvalue weighted by atomic mass is 19.4. The van der Waals surface area contributed by atoms with Crippen LogP contribution in [0.1, 0.15) is 11.1 Å². The fraction of sp³-hybridized carbons (Fsp3) is 0.278. The van der Waals surface area contributed by atoms with E-state index >= 15 is 0 Å². The van der Waals surface area contributed by atoms with E-state index in [0.29, 0.717) is 12.4 Å². The van der Waals surface area contributed by atoms with Crippen LogP contribution < -0.4 is 10.1 Å². The highest BCUT2D eigenvalue weighted by Gasteiger charge is 2.30. The molecule has 134 valence electrons. The Balaban J connectivity index is 1.86. The Hall–Kier alpha value is -2.54. The van der Waals surface area contributed by atoms with Gasteiger partial charge in [-0.15, -0.1) is 0 Å². The number of nitrogens with one attached hydrogen (secondary N) is 1.